The second kappa shape index (κ2) is 8.23. The van der Waals surface area contributed by atoms with Gasteiger partial charge in [0.25, 0.3) is 0 Å². The number of nitrogens with one attached hydrogen (secondary N) is 1. The summed E-state index contributed by atoms with van der Waals surface area (Å²) in [5.41, 5.74) is 2.98. The van der Waals surface area contributed by atoms with Gasteiger partial charge >= 0.3 is 5.97 Å². The Kier molecular flexibility index (Phi) is 6.28. The molecule has 0 atom stereocenters. The number of hydrogen-bond donors (Lipinski definition) is 2. The molecule has 0 aliphatic heterocycles. The number of aliphatic imine (C=N–C) groups is 1. The van der Waals surface area contributed by atoms with E-state index < -0.39 is 5.97 Å². The zero-order valence-corrected chi connectivity index (χ0v) is 15.7. The number of nitrogens with zero attached hydrogens (tertiary/aromatic N) is 2. The summed E-state index contributed by atoms with van der Waals surface area (Å²) in [4.78, 5) is 17.3. The summed E-state index contributed by atoms with van der Waals surface area (Å²) < 4.78 is 0. The maximum Gasteiger partial charge on any atom is 0.335 e. The molecule has 2 aromatic rings. The van der Waals surface area contributed by atoms with Gasteiger partial charge in [-0.25, -0.2) is 9.79 Å². The average molecular weight is 380 g/mol. The van der Waals surface area contributed by atoms with Gasteiger partial charge < -0.3 is 15.3 Å². The van der Waals surface area contributed by atoms with Crippen molar-refractivity contribution in [2.45, 2.75) is 13.8 Å². The van der Waals surface area contributed by atoms with Gasteiger partial charge in [0.05, 0.1) is 33.3 Å². The minimum atomic E-state index is -0.963. The Morgan fingerprint density at radius 2 is 1.96 bits per heavy atom. The van der Waals surface area contributed by atoms with E-state index in [-0.39, 0.29) is 5.56 Å². The molecule has 0 fully saturated rings. The van der Waals surface area contributed by atoms with E-state index in [0.717, 1.165) is 17.8 Å². The van der Waals surface area contributed by atoms with Gasteiger partial charge in [0.1, 0.15) is 0 Å². The molecule has 2 N–H and O–H groups in total. The summed E-state index contributed by atoms with van der Waals surface area (Å²) in [6.07, 6.45) is 1.69. The van der Waals surface area contributed by atoms with Crippen LogP contribution in [0.15, 0.2) is 35.3 Å². The van der Waals surface area contributed by atoms with Crippen molar-refractivity contribution < 1.29 is 9.90 Å². The molecule has 0 aliphatic rings. The lowest BCUT2D eigenvalue weighted by Crippen LogP contribution is -2.14. The van der Waals surface area contributed by atoms with Crippen molar-refractivity contribution in [3.8, 4) is 0 Å². The van der Waals surface area contributed by atoms with Gasteiger partial charge in [0.15, 0.2) is 0 Å². The predicted molar refractivity (Wildman–Crippen MR) is 104 cm³/mol. The number of carboxylic acids is 1. The molecule has 0 unspecified atom stereocenters. The summed E-state index contributed by atoms with van der Waals surface area (Å²) in [5, 5.41) is 13.1. The van der Waals surface area contributed by atoms with E-state index >= 15 is 0 Å². The van der Waals surface area contributed by atoms with Crippen LogP contribution in [0, 0.1) is 6.92 Å². The van der Waals surface area contributed by atoms with Crippen molar-refractivity contribution in [2.24, 2.45) is 4.99 Å². The van der Waals surface area contributed by atoms with Crippen LogP contribution in [-0.4, -0.2) is 35.9 Å². The second-order valence-corrected chi connectivity index (χ2v) is 6.38. The number of halogens is 2. The van der Waals surface area contributed by atoms with Crippen LogP contribution >= 0.6 is 23.2 Å². The van der Waals surface area contributed by atoms with Crippen molar-refractivity contribution >= 4 is 52.6 Å². The molecule has 0 heterocycles. The molecule has 0 saturated carbocycles. The summed E-state index contributed by atoms with van der Waals surface area (Å²) in [6.45, 7) is 4.68. The van der Waals surface area contributed by atoms with Crippen LogP contribution in [-0.2, 0) is 0 Å². The van der Waals surface area contributed by atoms with Gasteiger partial charge in [0, 0.05) is 19.3 Å². The topological polar surface area (TPSA) is 64.9 Å². The molecule has 0 bridgehead atoms. The Hall–Kier alpha value is -2.24. The zero-order valence-electron chi connectivity index (χ0n) is 14.2. The fourth-order valence-corrected chi connectivity index (χ4v) is 2.47. The van der Waals surface area contributed by atoms with E-state index in [1.807, 2.05) is 25.8 Å². The van der Waals surface area contributed by atoms with Crippen LogP contribution < -0.4 is 5.32 Å². The molecule has 2 rings (SSSR count). The molecule has 0 radical (unpaired) electrons. The third kappa shape index (κ3) is 4.87. The van der Waals surface area contributed by atoms with Crippen LogP contribution in [0.5, 0.6) is 0 Å². The van der Waals surface area contributed by atoms with Gasteiger partial charge in [0.2, 0.25) is 0 Å². The lowest BCUT2D eigenvalue weighted by Gasteiger charge is -2.13. The van der Waals surface area contributed by atoms with Crippen LogP contribution in [0.4, 0.5) is 17.1 Å². The molecule has 0 saturated heterocycles. The van der Waals surface area contributed by atoms with Crippen molar-refractivity contribution in [3.63, 3.8) is 0 Å². The molecule has 0 aromatic heterocycles. The van der Waals surface area contributed by atoms with Gasteiger partial charge in [-0.05, 0) is 49.7 Å². The maximum absolute atomic E-state index is 11.0. The second-order valence-electron chi connectivity index (χ2n) is 5.56. The monoisotopic (exact) mass is 379 g/mol. The number of carbonyl (C=O) groups is 1. The highest BCUT2D eigenvalue weighted by Crippen LogP contribution is 2.36. The number of rotatable bonds is 6. The van der Waals surface area contributed by atoms with E-state index in [9.17, 15) is 4.79 Å². The minimum absolute atomic E-state index is 0.233. The first-order valence-electron chi connectivity index (χ1n) is 7.66. The Morgan fingerprint density at radius 3 is 2.56 bits per heavy atom. The van der Waals surface area contributed by atoms with Gasteiger partial charge in [-0.1, -0.05) is 23.2 Å². The van der Waals surface area contributed by atoms with Crippen LogP contribution in [0.25, 0.3) is 0 Å². The number of anilines is 2. The highest BCUT2D eigenvalue weighted by Gasteiger charge is 2.10. The number of carboxylic acid groups (broad SMARTS) is 1. The van der Waals surface area contributed by atoms with E-state index in [0.29, 0.717) is 21.4 Å². The smallest absolute Gasteiger partial charge is 0.335 e. The summed E-state index contributed by atoms with van der Waals surface area (Å²) in [7, 11) is 1.92. The molecule has 2 aromatic carbocycles. The molecule has 25 heavy (non-hydrogen) atoms. The third-order valence-electron chi connectivity index (χ3n) is 3.67. The fourth-order valence-electron chi connectivity index (χ4n) is 2.06. The average Bonchev–Trinajstić information content (AvgIpc) is 2.57. The largest absolute Gasteiger partial charge is 0.478 e. The maximum atomic E-state index is 11.0. The zero-order chi connectivity index (χ0) is 18.6. The van der Waals surface area contributed by atoms with Crippen LogP contribution in [0.1, 0.15) is 22.8 Å². The number of aromatic carboxylic acids is 1. The molecule has 7 heteroatoms. The van der Waals surface area contributed by atoms with Crippen LogP contribution in [0.2, 0.25) is 10.0 Å². The van der Waals surface area contributed by atoms with Crippen molar-refractivity contribution in [1.82, 2.24) is 4.90 Å². The van der Waals surface area contributed by atoms with E-state index in [1.165, 1.54) is 6.07 Å². The number of benzene rings is 2. The predicted octanol–water partition coefficient (Wildman–Crippen LogP) is 5.36. The fraction of sp³-hybridized carbons (Fsp3) is 0.222. The lowest BCUT2D eigenvalue weighted by atomic mass is 10.1. The first-order chi connectivity index (χ1) is 11.8. The standard InChI is InChI=1S/C18H19Cl2N3O2/c1-4-23(3)10-21-16-8-14(20)17(9-13(16)19)22-15-6-5-12(18(24)25)7-11(15)2/h5-10,22H,4H2,1-3H3,(H,24,25). The summed E-state index contributed by atoms with van der Waals surface area (Å²) >= 11 is 12.6. The Labute approximate surface area is 156 Å². The first-order valence-corrected chi connectivity index (χ1v) is 8.41. The quantitative estimate of drug-likeness (QED) is 0.523. The minimum Gasteiger partial charge on any atom is -0.478 e. The van der Waals surface area contributed by atoms with Gasteiger partial charge in [-0.15, -0.1) is 0 Å². The Morgan fingerprint density at radius 1 is 1.24 bits per heavy atom. The van der Waals surface area contributed by atoms with Gasteiger partial charge in [-0.2, -0.15) is 0 Å². The normalized spacial score (nSPS) is 10.9. The first kappa shape index (κ1) is 19.1. The Bertz CT molecular complexity index is 822. The molecular weight excluding hydrogens is 361 g/mol. The molecule has 0 spiro atoms. The molecule has 132 valence electrons. The summed E-state index contributed by atoms with van der Waals surface area (Å²) in [5.74, 6) is -0.963. The number of hydrogen-bond acceptors (Lipinski definition) is 3. The molecule has 0 aliphatic carbocycles. The van der Waals surface area contributed by atoms with E-state index in [4.69, 9.17) is 28.3 Å². The Balaban J connectivity index is 2.28. The summed E-state index contributed by atoms with van der Waals surface area (Å²) in [6, 6.07) is 8.22. The highest BCUT2D eigenvalue weighted by molar-refractivity contribution is 6.37. The SMILES string of the molecule is CCN(C)C=Nc1cc(Cl)c(Nc2ccc(C(=O)O)cc2C)cc1Cl. The van der Waals surface area contributed by atoms with Crippen molar-refractivity contribution in [3.05, 3.63) is 51.5 Å². The highest BCUT2D eigenvalue weighted by atomic mass is 35.5. The van der Waals surface area contributed by atoms with E-state index in [2.05, 4.69) is 10.3 Å². The van der Waals surface area contributed by atoms with Gasteiger partial charge in [-0.3, -0.25) is 0 Å². The molecule has 5 nitrogen and oxygen atoms in total. The molecular formula is C18H19Cl2N3O2. The van der Waals surface area contributed by atoms with Crippen molar-refractivity contribution in [1.29, 1.82) is 0 Å². The third-order valence-corrected chi connectivity index (χ3v) is 4.29. The van der Waals surface area contributed by atoms with Crippen LogP contribution in [0.3, 0.4) is 0 Å². The molecule has 0 amide bonds. The van der Waals surface area contributed by atoms with Crippen molar-refractivity contribution in [2.75, 3.05) is 18.9 Å². The van der Waals surface area contributed by atoms with E-state index in [1.54, 1.807) is 30.6 Å². The lowest BCUT2D eigenvalue weighted by molar-refractivity contribution is 0.0697. The number of aryl methyl sites for hydroxylation is 1.